The van der Waals surface area contributed by atoms with Crippen LogP contribution in [0.5, 0.6) is 0 Å². The quantitative estimate of drug-likeness (QED) is 0.533. The van der Waals surface area contributed by atoms with Crippen LogP contribution in [0.3, 0.4) is 0 Å². The number of hydrogen-bond donors (Lipinski definition) is 1. The number of halogens is 1. The minimum absolute atomic E-state index is 1.12. The summed E-state index contributed by atoms with van der Waals surface area (Å²) in [5.74, 6) is 0. The fourth-order valence-corrected chi connectivity index (χ4v) is 1.04. The lowest BCUT2D eigenvalue weighted by Crippen LogP contribution is -2.14. The fourth-order valence-electron chi connectivity index (χ4n) is 0.611. The largest absolute Gasteiger partial charge is 0.380 e. The van der Waals surface area contributed by atoms with Crippen molar-refractivity contribution in [3.8, 4) is 0 Å². The molecule has 0 saturated carbocycles. The highest BCUT2D eigenvalue weighted by molar-refractivity contribution is 9.11. The molecule has 2 heteroatoms. The molecular weight excluding hydrogens is 154 g/mol. The van der Waals surface area contributed by atoms with Gasteiger partial charge in [0.25, 0.3) is 0 Å². The van der Waals surface area contributed by atoms with Gasteiger partial charge in [0.15, 0.2) is 0 Å². The van der Waals surface area contributed by atoms with Gasteiger partial charge in [-0.15, -0.1) is 0 Å². The molecule has 1 rings (SSSR count). The molecule has 0 aliphatic carbocycles. The predicted molar refractivity (Wildman–Crippen MR) is 34.2 cm³/mol. The summed E-state index contributed by atoms with van der Waals surface area (Å²) in [6.07, 6.45) is 4.65. The maximum atomic E-state index is 3.34. The minimum Gasteiger partial charge on any atom is -0.380 e. The molecule has 7 heavy (non-hydrogen) atoms. The monoisotopic (exact) mass is 161 g/mol. The van der Waals surface area contributed by atoms with Gasteiger partial charge in [-0.05, 0) is 28.8 Å². The van der Waals surface area contributed by atoms with E-state index in [0.717, 1.165) is 11.2 Å². The Morgan fingerprint density at radius 1 is 1.71 bits per heavy atom. The van der Waals surface area contributed by atoms with Crippen LogP contribution in [-0.2, 0) is 0 Å². The summed E-state index contributed by atoms with van der Waals surface area (Å²) < 4.78 is 1.15. The molecular formula is C5H8BrN. The second-order valence-electron chi connectivity index (χ2n) is 1.62. The average molecular weight is 162 g/mol. The van der Waals surface area contributed by atoms with E-state index < -0.39 is 0 Å². The predicted octanol–water partition coefficient (Wildman–Crippen LogP) is 1.61. The van der Waals surface area contributed by atoms with E-state index in [9.17, 15) is 0 Å². The number of rotatable bonds is 0. The summed E-state index contributed by atoms with van der Waals surface area (Å²) in [4.78, 5) is 0. The lowest BCUT2D eigenvalue weighted by Gasteiger charge is -2.08. The molecule has 0 radical (unpaired) electrons. The second kappa shape index (κ2) is 2.36. The molecule has 1 N–H and O–H groups in total. The van der Waals surface area contributed by atoms with Crippen molar-refractivity contribution in [1.82, 2.24) is 5.32 Å². The molecule has 0 unspecified atom stereocenters. The van der Waals surface area contributed by atoms with Gasteiger partial charge in [0.1, 0.15) is 0 Å². The van der Waals surface area contributed by atoms with Crippen molar-refractivity contribution in [1.29, 1.82) is 0 Å². The maximum Gasteiger partial charge on any atom is 0.0739 e. The van der Waals surface area contributed by atoms with Crippen LogP contribution in [0.25, 0.3) is 0 Å². The van der Waals surface area contributed by atoms with E-state index in [1.807, 2.05) is 0 Å². The molecule has 40 valence electrons. The summed E-state index contributed by atoms with van der Waals surface area (Å²) in [7, 11) is 0. The molecule has 1 heterocycles. The van der Waals surface area contributed by atoms with E-state index in [4.69, 9.17) is 0 Å². The van der Waals surface area contributed by atoms with Crippen LogP contribution >= 0.6 is 15.9 Å². The molecule has 0 aromatic carbocycles. The summed E-state index contributed by atoms with van der Waals surface area (Å²) in [5.41, 5.74) is 0. The number of nitrogens with one attached hydrogen (secondary N) is 1. The Morgan fingerprint density at radius 2 is 2.57 bits per heavy atom. The van der Waals surface area contributed by atoms with Crippen LogP contribution in [-0.4, -0.2) is 6.54 Å². The summed E-state index contributed by atoms with van der Waals surface area (Å²) in [6.45, 7) is 1.12. The van der Waals surface area contributed by atoms with Gasteiger partial charge >= 0.3 is 0 Å². The highest BCUT2D eigenvalue weighted by atomic mass is 79.9. The van der Waals surface area contributed by atoms with Crippen molar-refractivity contribution < 1.29 is 0 Å². The molecule has 0 saturated heterocycles. The van der Waals surface area contributed by atoms with E-state index in [1.54, 1.807) is 0 Å². The Balaban J connectivity index is 2.40. The second-order valence-corrected chi connectivity index (χ2v) is 2.48. The lowest BCUT2D eigenvalue weighted by atomic mass is 10.2. The van der Waals surface area contributed by atoms with E-state index in [-0.39, 0.29) is 0 Å². The summed E-state index contributed by atoms with van der Waals surface area (Å²) in [5, 5.41) is 3.16. The first-order valence-electron chi connectivity index (χ1n) is 2.49. The van der Waals surface area contributed by atoms with Gasteiger partial charge in [0.05, 0.1) is 4.61 Å². The Labute approximate surface area is 51.9 Å². The number of hydrogen-bond acceptors (Lipinski definition) is 1. The van der Waals surface area contributed by atoms with E-state index in [0.29, 0.717) is 0 Å². The van der Waals surface area contributed by atoms with Gasteiger partial charge in [-0.2, -0.15) is 0 Å². The van der Waals surface area contributed by atoms with Gasteiger partial charge < -0.3 is 5.32 Å². The Hall–Kier alpha value is 0.0200. The Kier molecular flexibility index (Phi) is 1.74. The normalized spacial score (nSPS) is 20.4. The third kappa shape index (κ3) is 1.51. The van der Waals surface area contributed by atoms with E-state index >= 15 is 0 Å². The molecule has 1 aliphatic heterocycles. The zero-order valence-electron chi connectivity index (χ0n) is 4.08. The highest BCUT2D eigenvalue weighted by Crippen LogP contribution is 2.07. The zero-order valence-corrected chi connectivity index (χ0v) is 5.66. The zero-order chi connectivity index (χ0) is 5.11. The molecule has 0 aromatic rings. The third-order valence-corrected chi connectivity index (χ3v) is 1.60. The first kappa shape index (κ1) is 5.16. The smallest absolute Gasteiger partial charge is 0.0739 e. The summed E-state index contributed by atoms with van der Waals surface area (Å²) >= 11 is 3.34. The molecule has 0 bridgehead atoms. The topological polar surface area (TPSA) is 12.0 Å². The molecule has 0 spiro atoms. The molecule has 0 amide bonds. The highest BCUT2D eigenvalue weighted by Gasteiger charge is 1.94. The standard InChI is InChI=1S/C5H8BrN/c6-5-3-1-2-4-7-5/h3,7H,1-2,4H2. The van der Waals surface area contributed by atoms with E-state index in [1.165, 1.54) is 12.8 Å². The Morgan fingerprint density at radius 3 is 2.86 bits per heavy atom. The van der Waals surface area contributed by atoms with Crippen molar-refractivity contribution in [3.05, 3.63) is 10.7 Å². The molecule has 1 aliphatic rings. The van der Waals surface area contributed by atoms with Crippen LogP contribution < -0.4 is 5.32 Å². The minimum atomic E-state index is 1.12. The van der Waals surface area contributed by atoms with Crippen molar-refractivity contribution in [2.75, 3.05) is 6.54 Å². The number of allylic oxidation sites excluding steroid dienone is 1. The molecule has 0 atom stereocenters. The first-order valence-corrected chi connectivity index (χ1v) is 3.28. The van der Waals surface area contributed by atoms with Crippen molar-refractivity contribution >= 4 is 15.9 Å². The van der Waals surface area contributed by atoms with Crippen molar-refractivity contribution in [2.45, 2.75) is 12.8 Å². The van der Waals surface area contributed by atoms with Crippen LogP contribution in [0.4, 0.5) is 0 Å². The lowest BCUT2D eigenvalue weighted by molar-refractivity contribution is 0.721. The van der Waals surface area contributed by atoms with E-state index in [2.05, 4.69) is 27.3 Å². The fraction of sp³-hybridized carbons (Fsp3) is 0.600. The van der Waals surface area contributed by atoms with Crippen molar-refractivity contribution in [3.63, 3.8) is 0 Å². The Bertz CT molecular complexity index is 88.1. The van der Waals surface area contributed by atoms with Crippen LogP contribution in [0.15, 0.2) is 10.7 Å². The van der Waals surface area contributed by atoms with Crippen LogP contribution in [0, 0.1) is 0 Å². The van der Waals surface area contributed by atoms with Crippen molar-refractivity contribution in [2.24, 2.45) is 0 Å². The average Bonchev–Trinajstić information content (AvgIpc) is 1.69. The third-order valence-electron chi connectivity index (χ3n) is 0.998. The van der Waals surface area contributed by atoms with Gasteiger partial charge in [0.2, 0.25) is 0 Å². The molecule has 1 nitrogen and oxygen atoms in total. The molecule has 0 fully saturated rings. The summed E-state index contributed by atoms with van der Waals surface area (Å²) in [6, 6.07) is 0. The van der Waals surface area contributed by atoms with Crippen LogP contribution in [0.2, 0.25) is 0 Å². The van der Waals surface area contributed by atoms with Gasteiger partial charge in [-0.3, -0.25) is 0 Å². The SMILES string of the molecule is BrC1=CCCCN1. The van der Waals surface area contributed by atoms with Gasteiger partial charge in [-0.1, -0.05) is 6.08 Å². The molecule has 0 aromatic heterocycles. The first-order chi connectivity index (χ1) is 3.39. The van der Waals surface area contributed by atoms with Gasteiger partial charge in [0, 0.05) is 6.54 Å². The van der Waals surface area contributed by atoms with Gasteiger partial charge in [-0.25, -0.2) is 0 Å². The maximum absolute atomic E-state index is 3.34. The van der Waals surface area contributed by atoms with Crippen LogP contribution in [0.1, 0.15) is 12.8 Å².